The quantitative estimate of drug-likeness (QED) is 0.721. The lowest BCUT2D eigenvalue weighted by Gasteiger charge is -2.00. The highest BCUT2D eigenvalue weighted by Crippen LogP contribution is 2.51. The van der Waals surface area contributed by atoms with Gasteiger partial charge in [0, 0.05) is 23.9 Å². The van der Waals surface area contributed by atoms with Crippen molar-refractivity contribution in [3.05, 3.63) is 34.7 Å². The van der Waals surface area contributed by atoms with Gasteiger partial charge in [0.2, 0.25) is 14.8 Å². The van der Waals surface area contributed by atoms with E-state index in [-0.39, 0.29) is 0 Å². The summed E-state index contributed by atoms with van der Waals surface area (Å²) in [5, 5.41) is 0.754. The van der Waals surface area contributed by atoms with Gasteiger partial charge in [0.1, 0.15) is 0 Å². The summed E-state index contributed by atoms with van der Waals surface area (Å²) in [4.78, 5) is 0.540. The topological polar surface area (TPSA) is 69.2 Å². The molecule has 0 radical (unpaired) electrons. The molecule has 0 N–H and O–H groups in total. The van der Waals surface area contributed by atoms with Crippen LogP contribution in [-0.2, 0) is 18.3 Å². The maximum Gasteiger partial charge on any atom is 0.600 e. The van der Waals surface area contributed by atoms with Crippen LogP contribution >= 0.6 is 10.5 Å². The van der Waals surface area contributed by atoms with Gasteiger partial charge in [0.25, 0.3) is 0 Å². The van der Waals surface area contributed by atoms with Crippen LogP contribution in [-0.4, -0.2) is 0 Å². The van der Waals surface area contributed by atoms with E-state index in [0.717, 1.165) is 30.2 Å². The van der Waals surface area contributed by atoms with Crippen molar-refractivity contribution in [3.8, 4) is 0 Å². The maximum atomic E-state index is 13.3. The highest BCUT2D eigenvalue weighted by Gasteiger charge is 2.47. The van der Waals surface area contributed by atoms with E-state index in [1.807, 2.05) is 26.0 Å². The average molecular weight is 415 g/mol. The lowest BCUT2D eigenvalue weighted by atomic mass is 10.1. The van der Waals surface area contributed by atoms with Gasteiger partial charge >= 0.3 is 5.51 Å². The molecule has 1 unspecified atom stereocenters. The second kappa shape index (κ2) is 8.98. The van der Waals surface area contributed by atoms with Gasteiger partial charge < -0.3 is 12.6 Å². The van der Waals surface area contributed by atoms with Gasteiger partial charge in [-0.05, 0) is 24.5 Å². The second-order valence-electron chi connectivity index (χ2n) is 4.92. The van der Waals surface area contributed by atoms with Crippen LogP contribution in [0.1, 0.15) is 37.1 Å². The van der Waals surface area contributed by atoms with Crippen LogP contribution in [0.5, 0.6) is 0 Å². The van der Waals surface area contributed by atoms with Crippen molar-refractivity contribution in [2.45, 2.75) is 45.0 Å². The first-order valence-corrected chi connectivity index (χ1v) is 10.2. The Bertz CT molecular complexity index is 623. The van der Waals surface area contributed by atoms with Crippen molar-refractivity contribution < 1.29 is 40.6 Å². The number of hydrogen-bond donors (Lipinski definition) is 0. The largest absolute Gasteiger partial charge is 0.600 e. The number of fused-ring (bicyclic) bond motifs is 1. The molecule has 1 heterocycles. The number of aryl methyl sites for hydroxylation is 2. The van der Waals surface area contributed by atoms with E-state index < -0.39 is 30.8 Å². The van der Waals surface area contributed by atoms with Crippen LogP contribution in [0.3, 0.4) is 0 Å². The van der Waals surface area contributed by atoms with Gasteiger partial charge in [-0.15, -0.1) is 13.2 Å². The Labute approximate surface area is 141 Å². The molecule has 2 aromatic rings. The molecule has 0 aliphatic rings. The lowest BCUT2D eigenvalue weighted by Crippen LogP contribution is -2.42. The summed E-state index contributed by atoms with van der Waals surface area (Å²) in [5.41, 5.74) is -3.15. The molecule has 0 saturated heterocycles. The number of rotatable bonds is 4. The fourth-order valence-corrected chi connectivity index (χ4v) is 4.50. The number of hydrogen-bond acceptors (Lipinski definition) is 3. The highest BCUT2D eigenvalue weighted by atomic mass is 80.0. The van der Waals surface area contributed by atoms with Crippen molar-refractivity contribution in [3.63, 3.8) is 0 Å². The number of alkyl halides is 3. The zero-order chi connectivity index (χ0) is 17.6. The molecule has 1 aromatic heterocycles. The normalized spacial score (nSPS) is 12.5. The first-order valence-electron chi connectivity index (χ1n) is 7.08. The molecule has 0 fully saturated rings. The minimum absolute atomic E-state index is 0.474. The van der Waals surface area contributed by atoms with E-state index in [1.165, 1.54) is 0 Å². The van der Waals surface area contributed by atoms with Gasteiger partial charge in [0.15, 0.2) is 9.58 Å². The monoisotopic (exact) mass is 414 g/mol. The predicted octanol–water partition coefficient (Wildman–Crippen LogP) is 2.40. The summed E-state index contributed by atoms with van der Waals surface area (Å²) in [6.45, 7) is 3.96. The molecular formula is C15H18BrF3O3S. The summed E-state index contributed by atoms with van der Waals surface area (Å²) in [6.07, 6.45) is 3.07. The van der Waals surface area contributed by atoms with Crippen molar-refractivity contribution in [2.24, 2.45) is 0 Å². The van der Waals surface area contributed by atoms with Gasteiger partial charge in [-0.1, -0.05) is 26.3 Å². The zero-order valence-electron chi connectivity index (χ0n) is 12.8. The van der Waals surface area contributed by atoms with Crippen LogP contribution in [0.15, 0.2) is 24.3 Å². The Morgan fingerprint density at radius 1 is 1.00 bits per heavy atom. The van der Waals surface area contributed by atoms with Crippen molar-refractivity contribution >= 4 is 20.6 Å². The Hall–Kier alpha value is -0.670. The second-order valence-corrected chi connectivity index (χ2v) is 7.76. The fourth-order valence-electron chi connectivity index (χ4n) is 2.39. The molecule has 1 atom stereocenters. The third-order valence-electron chi connectivity index (χ3n) is 3.14. The number of benzene rings is 1. The Morgan fingerprint density at radius 3 is 2.04 bits per heavy atom. The molecule has 0 spiro atoms. The Kier molecular flexibility index (Phi) is 7.96. The predicted molar refractivity (Wildman–Crippen MR) is 75.7 cm³/mol. The van der Waals surface area contributed by atoms with Crippen LogP contribution in [0.2, 0.25) is 0 Å². The lowest BCUT2D eigenvalue weighted by molar-refractivity contribution is -1.73. The summed E-state index contributed by atoms with van der Waals surface area (Å²) < 4.78 is 65.9. The summed E-state index contributed by atoms with van der Waals surface area (Å²) in [6, 6.07) is 7.29. The summed E-state index contributed by atoms with van der Waals surface area (Å²) in [5.74, 6) is 0. The molecule has 8 heteroatoms. The van der Waals surface area contributed by atoms with Crippen molar-refractivity contribution in [1.29, 1.82) is 0 Å². The number of thiophene rings is 1. The van der Waals surface area contributed by atoms with Crippen molar-refractivity contribution in [1.82, 2.24) is 0 Å². The SMILES string of the molecule is CCCc1ccc2cc(CCC)[s+](C(F)(F)F)c2c1.[O-][Br+2]([O-])[O-]. The smallest absolute Gasteiger partial charge is 0.405 e. The standard InChI is InChI=1S/C15H18F3S.BrO3/c1-3-5-11-7-8-12-10-13(6-4-2)19(14(12)9-11)15(16,17)18;2-1(3)4/h7-10H,3-6H2,1-2H3;/q+1;-1. The molecule has 0 bridgehead atoms. The molecule has 0 aliphatic heterocycles. The molecule has 130 valence electrons. The molecule has 23 heavy (non-hydrogen) atoms. The molecular weight excluding hydrogens is 397 g/mol. The molecule has 3 nitrogen and oxygen atoms in total. The van der Waals surface area contributed by atoms with Crippen LogP contribution < -0.4 is 12.6 Å². The van der Waals surface area contributed by atoms with E-state index in [0.29, 0.717) is 16.0 Å². The van der Waals surface area contributed by atoms with Gasteiger partial charge in [0.05, 0.1) is 10.5 Å². The van der Waals surface area contributed by atoms with E-state index >= 15 is 0 Å². The van der Waals surface area contributed by atoms with E-state index in [1.54, 1.807) is 12.1 Å². The summed E-state index contributed by atoms with van der Waals surface area (Å²) >= 11 is -3.65. The molecule has 0 saturated carbocycles. The van der Waals surface area contributed by atoms with Crippen LogP contribution in [0.4, 0.5) is 13.2 Å². The minimum atomic E-state index is -4.16. The Balaban J connectivity index is 0.000000593. The fraction of sp³-hybridized carbons (Fsp3) is 0.467. The maximum absolute atomic E-state index is 13.3. The van der Waals surface area contributed by atoms with Crippen molar-refractivity contribution in [2.75, 3.05) is 0 Å². The average Bonchev–Trinajstić information content (AvgIpc) is 2.76. The van der Waals surface area contributed by atoms with E-state index in [2.05, 4.69) is 0 Å². The Morgan fingerprint density at radius 2 is 1.57 bits per heavy atom. The van der Waals surface area contributed by atoms with Crippen LogP contribution in [0.25, 0.3) is 10.1 Å². The first kappa shape index (κ1) is 20.4. The summed E-state index contributed by atoms with van der Waals surface area (Å²) in [7, 11) is -1.71. The highest BCUT2D eigenvalue weighted by molar-refractivity contribution is 7.38. The van der Waals surface area contributed by atoms with E-state index in [9.17, 15) is 13.2 Å². The number of halogens is 4. The third kappa shape index (κ3) is 6.04. The van der Waals surface area contributed by atoms with E-state index in [4.69, 9.17) is 12.6 Å². The third-order valence-corrected chi connectivity index (χ3v) is 5.25. The van der Waals surface area contributed by atoms with Gasteiger partial charge in [-0.2, -0.15) is 0 Å². The molecule has 2 rings (SSSR count). The zero-order valence-corrected chi connectivity index (χ0v) is 15.2. The molecule has 1 aromatic carbocycles. The van der Waals surface area contributed by atoms with Crippen LogP contribution in [0, 0.1) is 14.8 Å². The first-order chi connectivity index (χ1) is 10.7. The minimum Gasteiger partial charge on any atom is -0.405 e. The molecule has 0 amide bonds. The molecule has 0 aliphatic carbocycles. The van der Waals surface area contributed by atoms with Gasteiger partial charge in [-0.25, -0.2) is 0 Å². The van der Waals surface area contributed by atoms with Gasteiger partial charge in [-0.3, -0.25) is 0 Å².